The number of ether oxygens (including phenoxy) is 2. The summed E-state index contributed by atoms with van der Waals surface area (Å²) in [5.41, 5.74) is 2.28. The summed E-state index contributed by atoms with van der Waals surface area (Å²) in [5.74, 6) is -0.859. The highest BCUT2D eigenvalue weighted by Crippen LogP contribution is 2.13. The first-order valence-electron chi connectivity index (χ1n) is 6.90. The molecule has 0 atom stereocenters. The van der Waals surface area contributed by atoms with Gasteiger partial charge in [0, 0.05) is 13.8 Å². The van der Waals surface area contributed by atoms with E-state index in [9.17, 15) is 9.59 Å². The van der Waals surface area contributed by atoms with Crippen LogP contribution in [0.2, 0.25) is 0 Å². The molecule has 1 heterocycles. The lowest BCUT2D eigenvalue weighted by molar-refractivity contribution is -2.00. The van der Waals surface area contributed by atoms with Crippen LogP contribution in [0.5, 0.6) is 0 Å². The van der Waals surface area contributed by atoms with Gasteiger partial charge in [-0.25, -0.2) is 32.8 Å². The predicted molar refractivity (Wildman–Crippen MR) is 69.0 cm³/mol. The van der Waals surface area contributed by atoms with Crippen molar-refractivity contribution in [2.45, 2.75) is 27.7 Å². The van der Waals surface area contributed by atoms with Gasteiger partial charge in [-0.05, 0) is 19.9 Å². The van der Waals surface area contributed by atoms with Crippen molar-refractivity contribution in [3.63, 3.8) is 0 Å². The highest BCUT2D eigenvalue weighted by Gasteiger charge is 2.26. The zero-order chi connectivity index (χ0) is 19.1. The van der Waals surface area contributed by atoms with E-state index >= 15 is 0 Å². The molecule has 0 saturated carbocycles. The van der Waals surface area contributed by atoms with Gasteiger partial charge in [0.2, 0.25) is 0 Å². The van der Waals surface area contributed by atoms with Crippen LogP contribution in [0.3, 0.4) is 0 Å². The van der Waals surface area contributed by atoms with Crippen molar-refractivity contribution < 1.29 is 52.5 Å². The molecule has 0 aliphatic carbocycles. The fourth-order valence-corrected chi connectivity index (χ4v) is 1.80. The van der Waals surface area contributed by atoms with Crippen LogP contribution in [0.4, 0.5) is 0 Å². The maximum Gasteiger partial charge on any atom is 0.344 e. The third-order valence-corrected chi connectivity index (χ3v) is 3.07. The zero-order valence-corrected chi connectivity index (χ0v) is 14.8. The zero-order valence-electron chi connectivity index (χ0n) is 14.1. The van der Waals surface area contributed by atoms with E-state index in [2.05, 4.69) is 0 Å². The maximum absolute atomic E-state index is 11.9. The van der Waals surface area contributed by atoms with E-state index in [1.165, 1.54) is 0 Å². The molecule has 1 rings (SSSR count). The minimum atomic E-state index is -4.94. The Hall–Kier alpha value is -1.78. The maximum atomic E-state index is 11.9. The number of hydrogen-bond acceptors (Lipinski definition) is 8. The normalized spacial score (nSPS) is 10.5. The SMILES string of the molecule is CCOC(=O)c1cc(C(=O)OCC)c(C)[n+](C)c1C.[O-][Cl+3]([O-])([O-])[O-]. The Morgan fingerprint density at radius 1 is 0.958 bits per heavy atom. The van der Waals surface area contributed by atoms with Crippen molar-refractivity contribution in [3.8, 4) is 0 Å². The van der Waals surface area contributed by atoms with Gasteiger partial charge >= 0.3 is 11.9 Å². The quantitative estimate of drug-likeness (QED) is 0.398. The van der Waals surface area contributed by atoms with Crippen molar-refractivity contribution in [2.24, 2.45) is 7.05 Å². The lowest BCUT2D eigenvalue weighted by Crippen LogP contribution is -2.68. The second-order valence-corrected chi connectivity index (χ2v) is 5.28. The first kappa shape index (κ1) is 22.2. The summed E-state index contributed by atoms with van der Waals surface area (Å²) >= 11 is 0. The van der Waals surface area contributed by atoms with E-state index in [0.29, 0.717) is 24.3 Å². The molecule has 1 aromatic rings. The molecule has 0 bridgehead atoms. The number of halogens is 1. The van der Waals surface area contributed by atoms with Crippen LogP contribution in [0.15, 0.2) is 6.07 Å². The molecule has 0 aromatic carbocycles. The molecule has 24 heavy (non-hydrogen) atoms. The number of aromatic nitrogens is 1. The van der Waals surface area contributed by atoms with E-state index < -0.39 is 22.2 Å². The smallest absolute Gasteiger partial charge is 0.344 e. The number of hydrogen-bond donors (Lipinski definition) is 0. The first-order chi connectivity index (χ1) is 10.9. The molecular formula is C14H20ClNO8. The van der Waals surface area contributed by atoms with Crippen LogP contribution in [0.1, 0.15) is 46.0 Å². The van der Waals surface area contributed by atoms with E-state index in [4.69, 9.17) is 28.1 Å². The molecule has 9 nitrogen and oxygen atoms in total. The monoisotopic (exact) mass is 365 g/mol. The molecule has 136 valence electrons. The average Bonchev–Trinajstić information content (AvgIpc) is 2.43. The third-order valence-electron chi connectivity index (χ3n) is 3.07. The molecule has 0 saturated heterocycles. The molecule has 0 N–H and O–H groups in total. The van der Waals surface area contributed by atoms with Crippen molar-refractivity contribution in [1.82, 2.24) is 0 Å². The van der Waals surface area contributed by atoms with Crippen LogP contribution < -0.4 is 23.2 Å². The van der Waals surface area contributed by atoms with Gasteiger partial charge in [0.15, 0.2) is 11.4 Å². The fraction of sp³-hybridized carbons (Fsp3) is 0.500. The molecule has 0 aliphatic rings. The number of rotatable bonds is 4. The van der Waals surface area contributed by atoms with Crippen molar-refractivity contribution in [3.05, 3.63) is 28.6 Å². The summed E-state index contributed by atoms with van der Waals surface area (Å²) in [6, 6.07) is 1.54. The summed E-state index contributed by atoms with van der Waals surface area (Å²) in [5, 5.41) is 0. The molecule has 1 aromatic heterocycles. The molecule has 0 unspecified atom stereocenters. The summed E-state index contributed by atoms with van der Waals surface area (Å²) in [6.45, 7) is 7.71. The second-order valence-electron chi connectivity index (χ2n) is 4.52. The highest BCUT2D eigenvalue weighted by atomic mass is 35.7. The Morgan fingerprint density at radius 2 is 1.25 bits per heavy atom. The van der Waals surface area contributed by atoms with E-state index in [1.54, 1.807) is 31.5 Å². The number of carbonyl (C=O) groups excluding carboxylic acids is 2. The Balaban J connectivity index is 0.000000922. The third kappa shape index (κ3) is 7.20. The molecule has 10 heteroatoms. The van der Waals surface area contributed by atoms with Crippen molar-refractivity contribution >= 4 is 11.9 Å². The van der Waals surface area contributed by atoms with Crippen LogP contribution in [0, 0.1) is 24.1 Å². The number of nitrogens with zero attached hydrogens (tertiary/aromatic N) is 1. The van der Waals surface area contributed by atoms with Crippen LogP contribution >= 0.6 is 0 Å². The number of carbonyl (C=O) groups is 2. The molecular weight excluding hydrogens is 346 g/mol. The largest absolute Gasteiger partial charge is 0.462 e. The second kappa shape index (κ2) is 9.50. The van der Waals surface area contributed by atoms with Gasteiger partial charge in [0.05, 0.1) is 13.2 Å². The first-order valence-corrected chi connectivity index (χ1v) is 8.13. The van der Waals surface area contributed by atoms with Gasteiger partial charge < -0.3 is 9.47 Å². The number of esters is 2. The van der Waals surface area contributed by atoms with E-state index in [-0.39, 0.29) is 0 Å². The van der Waals surface area contributed by atoms with Gasteiger partial charge in [-0.2, -0.15) is 0 Å². The standard InChI is InChI=1S/C14H20NO4.ClHO4/c1-6-18-13(16)11-8-12(14(17)19-7-2)10(4)15(5)9(11)3;2-1(3,4)5/h8H,6-7H2,1-5H3;(H,2,3,4,5)/q+1;/p-1. The van der Waals surface area contributed by atoms with Crippen LogP contribution in [-0.2, 0) is 16.5 Å². The van der Waals surface area contributed by atoms with Gasteiger partial charge in [-0.3, -0.25) is 0 Å². The van der Waals surface area contributed by atoms with E-state index in [1.807, 2.05) is 13.8 Å². The fourth-order valence-electron chi connectivity index (χ4n) is 1.80. The van der Waals surface area contributed by atoms with Crippen LogP contribution in [0.25, 0.3) is 0 Å². The number of pyridine rings is 1. The van der Waals surface area contributed by atoms with Crippen molar-refractivity contribution in [1.29, 1.82) is 0 Å². The average molecular weight is 366 g/mol. The molecule has 0 aliphatic heterocycles. The minimum Gasteiger partial charge on any atom is -0.462 e. The lowest BCUT2D eigenvalue weighted by atomic mass is 10.1. The summed E-state index contributed by atoms with van der Waals surface area (Å²) < 4.78 is 45.8. The predicted octanol–water partition coefficient (Wildman–Crippen LogP) is -3.27. The highest BCUT2D eigenvalue weighted by molar-refractivity contribution is 5.95. The summed E-state index contributed by atoms with van der Waals surface area (Å²) in [7, 11) is -3.14. The summed E-state index contributed by atoms with van der Waals surface area (Å²) in [6.07, 6.45) is 0. The Bertz CT molecular complexity index is 549. The lowest BCUT2D eigenvalue weighted by Gasteiger charge is -2.17. The molecule has 0 amide bonds. The van der Waals surface area contributed by atoms with Gasteiger partial charge in [-0.1, -0.05) is 0 Å². The van der Waals surface area contributed by atoms with E-state index in [0.717, 1.165) is 11.4 Å². The molecule has 0 spiro atoms. The Morgan fingerprint density at radius 3 is 1.50 bits per heavy atom. The van der Waals surface area contributed by atoms with Gasteiger partial charge in [-0.15, -0.1) is 10.2 Å². The summed E-state index contributed by atoms with van der Waals surface area (Å²) in [4.78, 5) is 23.7. The van der Waals surface area contributed by atoms with Crippen molar-refractivity contribution in [2.75, 3.05) is 13.2 Å². The molecule has 0 radical (unpaired) electrons. The Labute approximate surface area is 141 Å². The topological polar surface area (TPSA) is 149 Å². The Kier molecular flexibility index (Phi) is 8.80. The van der Waals surface area contributed by atoms with Gasteiger partial charge in [0.25, 0.3) is 0 Å². The van der Waals surface area contributed by atoms with Crippen LogP contribution in [-0.4, -0.2) is 25.2 Å². The van der Waals surface area contributed by atoms with Gasteiger partial charge in [0.1, 0.15) is 18.2 Å². The molecule has 0 fully saturated rings. The minimum absolute atomic E-state index is 0.296.